The van der Waals surface area contributed by atoms with E-state index in [1.807, 2.05) is 24.3 Å². The zero-order chi connectivity index (χ0) is 39.6. The highest BCUT2D eigenvalue weighted by Crippen LogP contribution is 2.45. The second-order valence-electron chi connectivity index (χ2n) is 13.6. The van der Waals surface area contributed by atoms with Crippen LogP contribution in [0.25, 0.3) is 0 Å². The third-order valence-corrected chi connectivity index (χ3v) is 10.0. The van der Waals surface area contributed by atoms with Crippen LogP contribution in [0.1, 0.15) is 88.2 Å². The van der Waals surface area contributed by atoms with Crippen LogP contribution >= 0.6 is 0 Å². The number of carbonyl (C=O) groups excluding carboxylic acids is 6. The Labute approximate surface area is 321 Å². The molecule has 0 radical (unpaired) electrons. The molecule has 4 amide bonds. The number of anilines is 2. The van der Waals surface area contributed by atoms with Gasteiger partial charge in [0.1, 0.15) is 23.0 Å². The van der Waals surface area contributed by atoms with Crippen LogP contribution in [0, 0.1) is 0 Å². The highest BCUT2D eigenvalue weighted by Gasteiger charge is 2.38. The van der Waals surface area contributed by atoms with Gasteiger partial charge in [-0.2, -0.15) is 0 Å². The Hall–Kier alpha value is -7.08. The molecule has 1 saturated carbocycles. The molecule has 0 aromatic heterocycles. The normalized spacial score (nSPS) is 14.4. The number of esters is 1. The van der Waals surface area contributed by atoms with Gasteiger partial charge in [-0.1, -0.05) is 55.7 Å². The number of ether oxygens (including phenoxy) is 3. The van der Waals surface area contributed by atoms with Crippen LogP contribution in [0.15, 0.2) is 115 Å². The summed E-state index contributed by atoms with van der Waals surface area (Å²) in [5.74, 6) is -2.76. The first-order chi connectivity index (χ1) is 26.9. The number of amides is 4. The number of nitrogens with zero attached hydrogens (tertiary/aromatic N) is 2. The van der Waals surface area contributed by atoms with Gasteiger partial charge in [0.05, 0.1) is 22.5 Å². The lowest BCUT2D eigenvalue weighted by atomic mass is 9.65. The molecule has 1 fully saturated rings. The number of phenolic OH excluding ortho intramolecular Hbond substituents is 1. The van der Waals surface area contributed by atoms with E-state index in [2.05, 4.69) is 0 Å². The standard InChI is InChI=1S/C44H36N2O10/c1-27(47)45(32-8-6-10-36(25-32)54-28(2)48)40(50)29-12-21-38-39(24-29)42(52)46(41(38)51)33-9-7-11-37(26-33)56-43(53)55-35-19-15-31(16-20-35)44(22-4-3-5-23-44)30-13-17-34(49)18-14-30/h6-21,24-26,49H,3-5,22-23H2,1-2H3. The predicted octanol–water partition coefficient (Wildman–Crippen LogP) is 8.14. The van der Waals surface area contributed by atoms with Crippen LogP contribution in [-0.4, -0.2) is 40.9 Å². The summed E-state index contributed by atoms with van der Waals surface area (Å²) in [5, 5.41) is 9.85. The van der Waals surface area contributed by atoms with E-state index in [4.69, 9.17) is 14.2 Å². The molecule has 12 nitrogen and oxygen atoms in total. The third kappa shape index (κ3) is 7.36. The molecule has 0 saturated heterocycles. The highest BCUT2D eigenvalue weighted by molar-refractivity contribution is 6.35. The number of fused-ring (bicyclic) bond motifs is 1. The molecule has 282 valence electrons. The van der Waals surface area contributed by atoms with Gasteiger partial charge in [-0.3, -0.25) is 24.0 Å². The summed E-state index contributed by atoms with van der Waals surface area (Å²) < 4.78 is 16.0. The lowest BCUT2D eigenvalue weighted by molar-refractivity contribution is -0.131. The molecule has 1 aliphatic heterocycles. The van der Waals surface area contributed by atoms with Crippen molar-refractivity contribution in [2.75, 3.05) is 9.80 Å². The minimum atomic E-state index is -1.03. The van der Waals surface area contributed by atoms with E-state index < -0.39 is 35.8 Å². The Morgan fingerprint density at radius 1 is 0.643 bits per heavy atom. The van der Waals surface area contributed by atoms with Gasteiger partial charge in [0, 0.05) is 37.0 Å². The molecule has 1 heterocycles. The number of imide groups is 2. The smallest absolute Gasteiger partial charge is 0.508 e. The van der Waals surface area contributed by atoms with Crippen molar-refractivity contribution >= 4 is 47.1 Å². The van der Waals surface area contributed by atoms with E-state index in [1.54, 1.807) is 24.3 Å². The Morgan fingerprint density at radius 2 is 1.25 bits per heavy atom. The maximum Gasteiger partial charge on any atom is 0.519 e. The largest absolute Gasteiger partial charge is 0.519 e. The van der Waals surface area contributed by atoms with E-state index in [-0.39, 0.29) is 56.5 Å². The molecule has 56 heavy (non-hydrogen) atoms. The third-order valence-electron chi connectivity index (χ3n) is 10.0. The van der Waals surface area contributed by atoms with Gasteiger partial charge in [-0.15, -0.1) is 0 Å². The van der Waals surface area contributed by atoms with Gasteiger partial charge in [0.2, 0.25) is 5.91 Å². The van der Waals surface area contributed by atoms with Crippen LogP contribution in [-0.2, 0) is 15.0 Å². The summed E-state index contributed by atoms with van der Waals surface area (Å²) in [6, 6.07) is 30.2. The van der Waals surface area contributed by atoms with Gasteiger partial charge < -0.3 is 19.3 Å². The predicted molar refractivity (Wildman–Crippen MR) is 204 cm³/mol. The second-order valence-corrected chi connectivity index (χ2v) is 13.6. The van der Waals surface area contributed by atoms with Crippen LogP contribution in [0.3, 0.4) is 0 Å². The molecule has 0 bridgehead atoms. The van der Waals surface area contributed by atoms with E-state index in [1.165, 1.54) is 80.6 Å². The highest BCUT2D eigenvalue weighted by atomic mass is 16.7. The van der Waals surface area contributed by atoms with Crippen molar-refractivity contribution in [2.24, 2.45) is 0 Å². The molecule has 12 heteroatoms. The number of benzene rings is 5. The fraction of sp³-hybridized carbons (Fsp3) is 0.182. The van der Waals surface area contributed by atoms with Crippen molar-refractivity contribution in [3.8, 4) is 23.0 Å². The van der Waals surface area contributed by atoms with Gasteiger partial charge in [-0.25, -0.2) is 14.6 Å². The van der Waals surface area contributed by atoms with Crippen LogP contribution < -0.4 is 24.0 Å². The molecular formula is C44H36N2O10. The summed E-state index contributed by atoms with van der Waals surface area (Å²) in [7, 11) is 0. The number of aromatic hydroxyl groups is 1. The van der Waals surface area contributed by atoms with Crippen molar-refractivity contribution in [3.05, 3.63) is 143 Å². The van der Waals surface area contributed by atoms with Crippen molar-refractivity contribution in [3.63, 3.8) is 0 Å². The molecule has 1 aliphatic carbocycles. The first-order valence-corrected chi connectivity index (χ1v) is 18.0. The molecule has 0 spiro atoms. The number of hydrogen-bond acceptors (Lipinski definition) is 10. The first-order valence-electron chi connectivity index (χ1n) is 18.0. The Morgan fingerprint density at radius 3 is 1.91 bits per heavy atom. The van der Waals surface area contributed by atoms with E-state index >= 15 is 0 Å². The van der Waals surface area contributed by atoms with Crippen molar-refractivity contribution in [2.45, 2.75) is 51.4 Å². The van der Waals surface area contributed by atoms with Crippen LogP contribution in [0.5, 0.6) is 23.0 Å². The zero-order valence-electron chi connectivity index (χ0n) is 30.5. The molecular weight excluding hydrogens is 716 g/mol. The Bertz CT molecular complexity index is 2380. The van der Waals surface area contributed by atoms with E-state index in [9.17, 15) is 33.9 Å². The Balaban J connectivity index is 1.05. The van der Waals surface area contributed by atoms with Gasteiger partial charge in [0.25, 0.3) is 17.7 Å². The minimum absolute atomic E-state index is 0.0121. The molecule has 2 aliphatic rings. The number of carbonyl (C=O) groups is 6. The Kier molecular flexibility index (Phi) is 10.2. The molecule has 0 atom stereocenters. The summed E-state index contributed by atoms with van der Waals surface area (Å²) in [6.45, 7) is 2.41. The van der Waals surface area contributed by atoms with Crippen LogP contribution in [0.4, 0.5) is 16.2 Å². The monoisotopic (exact) mass is 752 g/mol. The number of phenols is 1. The average molecular weight is 753 g/mol. The average Bonchev–Trinajstić information content (AvgIpc) is 3.43. The summed E-state index contributed by atoms with van der Waals surface area (Å²) in [6.07, 6.45) is 4.18. The summed E-state index contributed by atoms with van der Waals surface area (Å²) in [4.78, 5) is 79.6. The quantitative estimate of drug-likeness (QED) is 0.0710. The van der Waals surface area contributed by atoms with Crippen molar-refractivity contribution in [1.29, 1.82) is 0 Å². The van der Waals surface area contributed by atoms with Gasteiger partial charge in [0.15, 0.2) is 0 Å². The van der Waals surface area contributed by atoms with Gasteiger partial charge in [-0.05, 0) is 90.7 Å². The lowest BCUT2D eigenvalue weighted by Crippen LogP contribution is -2.35. The summed E-state index contributed by atoms with van der Waals surface area (Å²) in [5.41, 5.74) is 2.16. The maximum atomic E-state index is 13.7. The molecule has 7 rings (SSSR count). The minimum Gasteiger partial charge on any atom is -0.508 e. The van der Waals surface area contributed by atoms with E-state index in [0.29, 0.717) is 0 Å². The molecule has 0 unspecified atom stereocenters. The fourth-order valence-electron chi connectivity index (χ4n) is 7.45. The molecule has 1 N–H and O–H groups in total. The molecule has 5 aromatic rings. The number of rotatable bonds is 8. The topological polar surface area (TPSA) is 157 Å². The fourth-order valence-corrected chi connectivity index (χ4v) is 7.45. The maximum absolute atomic E-state index is 13.7. The van der Waals surface area contributed by atoms with Crippen LogP contribution in [0.2, 0.25) is 0 Å². The first kappa shape index (κ1) is 37.2. The van der Waals surface area contributed by atoms with E-state index in [0.717, 1.165) is 53.0 Å². The summed E-state index contributed by atoms with van der Waals surface area (Å²) >= 11 is 0. The zero-order valence-corrected chi connectivity index (χ0v) is 30.5. The van der Waals surface area contributed by atoms with Crippen molar-refractivity contribution < 1.29 is 48.1 Å². The lowest BCUT2D eigenvalue weighted by Gasteiger charge is -2.38. The second kappa shape index (κ2) is 15.3. The SMILES string of the molecule is CC(=O)Oc1cccc(N(C(C)=O)C(=O)c2ccc3c(c2)C(=O)N(c2cccc(OC(=O)Oc4ccc(C5(c6ccc(O)cc6)CCCCC5)cc4)c2)C3=O)c1. The van der Waals surface area contributed by atoms with Crippen molar-refractivity contribution in [1.82, 2.24) is 0 Å². The molecule has 5 aromatic carbocycles. The number of hydrogen-bond donors (Lipinski definition) is 1. The van der Waals surface area contributed by atoms with Gasteiger partial charge >= 0.3 is 12.1 Å².